The lowest BCUT2D eigenvalue weighted by atomic mass is 10.1. The van der Waals surface area contributed by atoms with Crippen molar-refractivity contribution in [1.82, 2.24) is 9.97 Å². The molecule has 0 atom stereocenters. The van der Waals surface area contributed by atoms with E-state index in [9.17, 15) is 9.59 Å². The van der Waals surface area contributed by atoms with Crippen molar-refractivity contribution in [3.05, 3.63) is 82.7 Å². The molecule has 136 valence electrons. The monoisotopic (exact) mass is 424 g/mol. The van der Waals surface area contributed by atoms with Gasteiger partial charge in [0, 0.05) is 40.2 Å². The third-order valence-electron chi connectivity index (χ3n) is 3.71. The highest BCUT2D eigenvalue weighted by molar-refractivity contribution is 9.10. The Kier molecular flexibility index (Phi) is 6.27. The van der Waals surface area contributed by atoms with E-state index in [1.54, 1.807) is 48.8 Å². The summed E-state index contributed by atoms with van der Waals surface area (Å²) in [5.74, 6) is 0.0233. The van der Waals surface area contributed by atoms with E-state index < -0.39 is 0 Å². The molecule has 0 aliphatic carbocycles. The van der Waals surface area contributed by atoms with Gasteiger partial charge in [-0.05, 0) is 64.8 Å². The minimum Gasteiger partial charge on any atom is -0.326 e. The maximum Gasteiger partial charge on any atom is 0.256 e. The summed E-state index contributed by atoms with van der Waals surface area (Å²) in [6.07, 6.45) is 4.18. The third kappa shape index (κ3) is 5.72. The molecule has 7 heteroatoms. The Bertz CT molecular complexity index is 930. The first kappa shape index (κ1) is 18.7. The molecule has 27 heavy (non-hydrogen) atoms. The molecule has 3 aromatic rings. The molecule has 0 saturated carbocycles. The maximum absolute atomic E-state index is 12.4. The summed E-state index contributed by atoms with van der Waals surface area (Å²) in [5, 5.41) is 5.53. The highest BCUT2D eigenvalue weighted by Crippen LogP contribution is 2.15. The van der Waals surface area contributed by atoms with Crippen molar-refractivity contribution < 1.29 is 9.59 Å². The van der Waals surface area contributed by atoms with Crippen LogP contribution >= 0.6 is 15.9 Å². The first-order valence-corrected chi connectivity index (χ1v) is 9.12. The Balaban J connectivity index is 1.58. The highest BCUT2D eigenvalue weighted by atomic mass is 79.9. The fourth-order valence-electron chi connectivity index (χ4n) is 2.39. The molecule has 0 aliphatic rings. The van der Waals surface area contributed by atoms with Gasteiger partial charge in [0.05, 0.1) is 0 Å². The topological polar surface area (TPSA) is 84.0 Å². The lowest BCUT2D eigenvalue weighted by molar-refractivity contribution is -0.116. The number of aryl methyl sites for hydroxylation is 1. The van der Waals surface area contributed by atoms with Gasteiger partial charge in [-0.2, -0.15) is 0 Å². The SMILES string of the molecule is O=C(CCc1ccccn1)Nc1cccc(C(=O)Nc2ccc(Br)cn2)c1. The van der Waals surface area contributed by atoms with E-state index in [4.69, 9.17) is 0 Å². The Morgan fingerprint density at radius 1 is 0.963 bits per heavy atom. The lowest BCUT2D eigenvalue weighted by Gasteiger charge is -2.08. The van der Waals surface area contributed by atoms with Crippen molar-refractivity contribution in [3.8, 4) is 0 Å². The summed E-state index contributed by atoms with van der Waals surface area (Å²) in [4.78, 5) is 32.8. The van der Waals surface area contributed by atoms with Crippen LogP contribution in [0.5, 0.6) is 0 Å². The van der Waals surface area contributed by atoms with Crippen LogP contribution in [-0.4, -0.2) is 21.8 Å². The van der Waals surface area contributed by atoms with Crippen LogP contribution in [0, 0.1) is 0 Å². The summed E-state index contributed by atoms with van der Waals surface area (Å²) in [7, 11) is 0. The summed E-state index contributed by atoms with van der Waals surface area (Å²) < 4.78 is 0.830. The molecule has 0 bridgehead atoms. The third-order valence-corrected chi connectivity index (χ3v) is 4.18. The number of anilines is 2. The molecule has 0 unspecified atom stereocenters. The van der Waals surface area contributed by atoms with Gasteiger partial charge in [-0.3, -0.25) is 14.6 Å². The van der Waals surface area contributed by atoms with Crippen molar-refractivity contribution in [2.45, 2.75) is 12.8 Å². The van der Waals surface area contributed by atoms with Gasteiger partial charge in [-0.15, -0.1) is 0 Å². The molecule has 2 aromatic heterocycles. The number of nitrogens with zero attached hydrogens (tertiary/aromatic N) is 2. The number of nitrogens with one attached hydrogen (secondary N) is 2. The van der Waals surface area contributed by atoms with Crippen LogP contribution in [0.3, 0.4) is 0 Å². The van der Waals surface area contributed by atoms with E-state index in [0.717, 1.165) is 10.2 Å². The Hall–Kier alpha value is -3.06. The number of carbonyl (C=O) groups excluding carboxylic acids is 2. The van der Waals surface area contributed by atoms with Crippen LogP contribution in [0.25, 0.3) is 0 Å². The second-order valence-electron chi connectivity index (χ2n) is 5.77. The number of halogens is 1. The molecular weight excluding hydrogens is 408 g/mol. The fraction of sp³-hybridized carbons (Fsp3) is 0.100. The number of rotatable bonds is 6. The van der Waals surface area contributed by atoms with E-state index in [1.807, 2.05) is 18.2 Å². The maximum atomic E-state index is 12.4. The van der Waals surface area contributed by atoms with Crippen molar-refractivity contribution >= 4 is 39.2 Å². The number of carbonyl (C=O) groups is 2. The summed E-state index contributed by atoms with van der Waals surface area (Å²) in [5.41, 5.74) is 1.86. The minimum absolute atomic E-state index is 0.132. The number of benzene rings is 1. The average Bonchev–Trinajstić information content (AvgIpc) is 2.69. The van der Waals surface area contributed by atoms with E-state index in [-0.39, 0.29) is 11.8 Å². The lowest BCUT2D eigenvalue weighted by Crippen LogP contribution is -2.15. The molecule has 2 heterocycles. The predicted octanol–water partition coefficient (Wildman–Crippen LogP) is 4.06. The van der Waals surface area contributed by atoms with Gasteiger partial charge < -0.3 is 10.6 Å². The molecule has 0 aliphatic heterocycles. The molecule has 2 amide bonds. The number of aromatic nitrogens is 2. The second kappa shape index (κ2) is 9.05. The molecular formula is C20H17BrN4O2. The molecule has 0 fully saturated rings. The van der Waals surface area contributed by atoms with Gasteiger partial charge in [0.1, 0.15) is 5.82 Å². The van der Waals surface area contributed by atoms with Crippen LogP contribution in [0.2, 0.25) is 0 Å². The van der Waals surface area contributed by atoms with E-state index in [0.29, 0.717) is 29.9 Å². The summed E-state index contributed by atoms with van der Waals surface area (Å²) in [6.45, 7) is 0. The van der Waals surface area contributed by atoms with Gasteiger partial charge in [-0.25, -0.2) is 4.98 Å². The zero-order valence-electron chi connectivity index (χ0n) is 14.4. The van der Waals surface area contributed by atoms with Crippen LogP contribution < -0.4 is 10.6 Å². The predicted molar refractivity (Wildman–Crippen MR) is 108 cm³/mol. The van der Waals surface area contributed by atoms with Crippen LogP contribution in [0.15, 0.2) is 71.5 Å². The van der Waals surface area contributed by atoms with Crippen LogP contribution in [-0.2, 0) is 11.2 Å². The van der Waals surface area contributed by atoms with Gasteiger partial charge in [-0.1, -0.05) is 12.1 Å². The normalized spacial score (nSPS) is 10.3. The Labute approximate surface area is 165 Å². The average molecular weight is 425 g/mol. The van der Waals surface area contributed by atoms with Gasteiger partial charge in [0.2, 0.25) is 5.91 Å². The van der Waals surface area contributed by atoms with Crippen molar-refractivity contribution in [2.24, 2.45) is 0 Å². The first-order chi connectivity index (χ1) is 13.1. The van der Waals surface area contributed by atoms with E-state index in [1.165, 1.54) is 0 Å². The minimum atomic E-state index is -0.297. The molecule has 2 N–H and O–H groups in total. The fourth-order valence-corrected chi connectivity index (χ4v) is 2.62. The quantitative estimate of drug-likeness (QED) is 0.624. The van der Waals surface area contributed by atoms with Crippen molar-refractivity contribution in [2.75, 3.05) is 10.6 Å². The van der Waals surface area contributed by atoms with Gasteiger partial charge >= 0.3 is 0 Å². The molecule has 3 rings (SSSR count). The number of hydrogen-bond donors (Lipinski definition) is 2. The zero-order valence-corrected chi connectivity index (χ0v) is 15.9. The molecule has 6 nitrogen and oxygen atoms in total. The van der Waals surface area contributed by atoms with Gasteiger partial charge in [0.25, 0.3) is 5.91 Å². The van der Waals surface area contributed by atoms with E-state index >= 15 is 0 Å². The van der Waals surface area contributed by atoms with Crippen LogP contribution in [0.1, 0.15) is 22.5 Å². The Morgan fingerprint density at radius 2 is 1.85 bits per heavy atom. The Morgan fingerprint density at radius 3 is 2.59 bits per heavy atom. The zero-order chi connectivity index (χ0) is 19.1. The molecule has 1 aromatic carbocycles. The first-order valence-electron chi connectivity index (χ1n) is 8.33. The smallest absolute Gasteiger partial charge is 0.256 e. The summed E-state index contributed by atoms with van der Waals surface area (Å²) >= 11 is 3.30. The summed E-state index contributed by atoms with van der Waals surface area (Å²) in [6, 6.07) is 15.9. The molecule has 0 radical (unpaired) electrons. The molecule has 0 spiro atoms. The van der Waals surface area contributed by atoms with Crippen LogP contribution in [0.4, 0.5) is 11.5 Å². The number of hydrogen-bond acceptors (Lipinski definition) is 4. The number of amides is 2. The number of pyridine rings is 2. The highest BCUT2D eigenvalue weighted by Gasteiger charge is 2.09. The van der Waals surface area contributed by atoms with Crippen molar-refractivity contribution in [1.29, 1.82) is 0 Å². The van der Waals surface area contributed by atoms with Gasteiger partial charge in [0.15, 0.2) is 0 Å². The standard InChI is InChI=1S/C20H17BrN4O2/c21-15-7-9-18(23-13-15)25-20(27)14-4-3-6-17(12-14)24-19(26)10-8-16-5-1-2-11-22-16/h1-7,9,11-13H,8,10H2,(H,24,26)(H,23,25,27). The molecule has 0 saturated heterocycles. The second-order valence-corrected chi connectivity index (χ2v) is 6.68. The van der Waals surface area contributed by atoms with E-state index in [2.05, 4.69) is 36.5 Å². The largest absolute Gasteiger partial charge is 0.326 e. The van der Waals surface area contributed by atoms with Crippen molar-refractivity contribution in [3.63, 3.8) is 0 Å².